The zero-order chi connectivity index (χ0) is 18.0. The Labute approximate surface area is 159 Å². The van der Waals surface area contributed by atoms with Crippen molar-refractivity contribution in [3.63, 3.8) is 0 Å². The van der Waals surface area contributed by atoms with E-state index in [1.807, 2.05) is 0 Å². The Balaban J connectivity index is 1.16. The van der Waals surface area contributed by atoms with E-state index in [4.69, 9.17) is 18.9 Å². The van der Waals surface area contributed by atoms with Crippen LogP contribution in [0, 0.1) is 17.3 Å². The zero-order valence-electron chi connectivity index (χ0n) is 16.8. The number of ether oxygens (including phenoxy) is 4. The molecule has 2 atom stereocenters. The molecular formula is C22H38O4. The molecule has 4 aliphatic rings. The van der Waals surface area contributed by atoms with Gasteiger partial charge in [0.25, 0.3) is 0 Å². The molecule has 0 aromatic carbocycles. The van der Waals surface area contributed by atoms with Gasteiger partial charge in [-0.2, -0.15) is 0 Å². The predicted octanol–water partition coefficient (Wildman–Crippen LogP) is 4.35. The van der Waals surface area contributed by atoms with Gasteiger partial charge in [0.15, 0.2) is 0 Å². The van der Waals surface area contributed by atoms with Crippen LogP contribution in [-0.4, -0.2) is 50.8 Å². The van der Waals surface area contributed by atoms with Crippen molar-refractivity contribution >= 4 is 0 Å². The van der Waals surface area contributed by atoms with Gasteiger partial charge in [0.1, 0.15) is 6.10 Å². The summed E-state index contributed by atoms with van der Waals surface area (Å²) in [5, 5.41) is 0. The zero-order valence-corrected chi connectivity index (χ0v) is 16.8. The van der Waals surface area contributed by atoms with Gasteiger partial charge < -0.3 is 18.9 Å². The van der Waals surface area contributed by atoms with Crippen molar-refractivity contribution in [2.75, 3.05) is 26.4 Å². The van der Waals surface area contributed by atoms with E-state index < -0.39 is 0 Å². The van der Waals surface area contributed by atoms with Crippen LogP contribution in [0.1, 0.15) is 71.6 Å². The molecule has 0 amide bonds. The van der Waals surface area contributed by atoms with Crippen LogP contribution in [0.2, 0.25) is 0 Å². The minimum atomic E-state index is 0.401. The molecule has 0 N–H and O–H groups in total. The first kappa shape index (κ1) is 19.2. The second-order valence-electron chi connectivity index (χ2n) is 9.67. The molecule has 0 aromatic rings. The molecule has 150 valence electrons. The summed E-state index contributed by atoms with van der Waals surface area (Å²) in [6.07, 6.45) is 13.3. The van der Waals surface area contributed by atoms with Gasteiger partial charge in [-0.25, -0.2) is 0 Å². The number of hydrogen-bond acceptors (Lipinski definition) is 4. The summed E-state index contributed by atoms with van der Waals surface area (Å²) < 4.78 is 22.7. The van der Waals surface area contributed by atoms with Gasteiger partial charge in [0.05, 0.1) is 38.1 Å². The first-order valence-corrected chi connectivity index (χ1v) is 11.1. The Bertz CT molecular complexity index is 427. The van der Waals surface area contributed by atoms with E-state index in [-0.39, 0.29) is 0 Å². The van der Waals surface area contributed by atoms with E-state index in [1.54, 1.807) is 0 Å². The van der Waals surface area contributed by atoms with Crippen LogP contribution in [-0.2, 0) is 18.9 Å². The van der Waals surface area contributed by atoms with E-state index >= 15 is 0 Å². The Hall–Kier alpha value is -0.160. The molecule has 2 aliphatic heterocycles. The van der Waals surface area contributed by atoms with Gasteiger partial charge in [0.2, 0.25) is 0 Å². The largest absolute Gasteiger partial charge is 0.378 e. The highest BCUT2D eigenvalue weighted by Crippen LogP contribution is 2.48. The molecular weight excluding hydrogens is 328 g/mol. The first-order valence-electron chi connectivity index (χ1n) is 11.1. The minimum absolute atomic E-state index is 0.401. The van der Waals surface area contributed by atoms with Crippen molar-refractivity contribution < 1.29 is 18.9 Å². The molecule has 2 saturated heterocycles. The SMILES string of the molecule is CC(C)(C1CCC(OCCC2CO2)CC1)C1CCC(OCC2CO2)CC1. The van der Waals surface area contributed by atoms with Crippen LogP contribution in [0.3, 0.4) is 0 Å². The van der Waals surface area contributed by atoms with Crippen molar-refractivity contribution in [1.82, 2.24) is 0 Å². The average molecular weight is 367 g/mol. The Kier molecular flexibility index (Phi) is 6.24. The average Bonchev–Trinajstić information content (AvgIpc) is 3.55. The smallest absolute Gasteiger partial charge is 0.104 e. The van der Waals surface area contributed by atoms with Crippen molar-refractivity contribution in [2.24, 2.45) is 17.3 Å². The molecule has 4 rings (SSSR count). The molecule has 26 heavy (non-hydrogen) atoms. The van der Waals surface area contributed by atoms with Gasteiger partial charge in [0, 0.05) is 6.61 Å². The molecule has 4 fully saturated rings. The van der Waals surface area contributed by atoms with Crippen molar-refractivity contribution in [1.29, 1.82) is 0 Å². The second-order valence-corrected chi connectivity index (χ2v) is 9.67. The van der Waals surface area contributed by atoms with E-state index in [0.29, 0.717) is 29.8 Å². The standard InChI is InChI=1S/C22H38O4/c1-22(2,17-5-9-19(10-6-17)24-14-21-15-26-21)16-3-7-18(8-4-16)23-12-11-20-13-25-20/h16-21H,3-15H2,1-2H3. The molecule has 0 bridgehead atoms. The van der Waals surface area contributed by atoms with Gasteiger partial charge >= 0.3 is 0 Å². The summed E-state index contributed by atoms with van der Waals surface area (Å²) in [4.78, 5) is 0. The van der Waals surface area contributed by atoms with Gasteiger partial charge in [-0.15, -0.1) is 0 Å². The Morgan fingerprint density at radius 1 is 0.731 bits per heavy atom. The fraction of sp³-hybridized carbons (Fsp3) is 1.00. The lowest BCUT2D eigenvalue weighted by atomic mass is 9.60. The van der Waals surface area contributed by atoms with Crippen LogP contribution < -0.4 is 0 Å². The molecule has 2 unspecified atom stereocenters. The number of hydrogen-bond donors (Lipinski definition) is 0. The third kappa shape index (κ3) is 5.21. The summed E-state index contributed by atoms with van der Waals surface area (Å²) in [6.45, 7) is 8.63. The summed E-state index contributed by atoms with van der Waals surface area (Å²) in [5.74, 6) is 1.71. The van der Waals surface area contributed by atoms with Crippen molar-refractivity contribution in [3.05, 3.63) is 0 Å². The van der Waals surface area contributed by atoms with E-state index in [0.717, 1.165) is 44.7 Å². The third-order valence-electron chi connectivity index (χ3n) is 7.57. The van der Waals surface area contributed by atoms with Crippen LogP contribution >= 0.6 is 0 Å². The van der Waals surface area contributed by atoms with E-state index in [9.17, 15) is 0 Å². The maximum atomic E-state index is 6.10. The van der Waals surface area contributed by atoms with Crippen LogP contribution in [0.25, 0.3) is 0 Å². The molecule has 2 aliphatic carbocycles. The summed E-state index contributed by atoms with van der Waals surface area (Å²) in [6, 6.07) is 0. The molecule has 0 spiro atoms. The van der Waals surface area contributed by atoms with Gasteiger partial charge in [-0.3, -0.25) is 0 Å². The lowest BCUT2D eigenvalue weighted by Crippen LogP contribution is -2.39. The molecule has 4 nitrogen and oxygen atoms in total. The normalized spacial score (nSPS) is 40.4. The lowest BCUT2D eigenvalue weighted by molar-refractivity contribution is -0.0376. The molecule has 2 heterocycles. The van der Waals surface area contributed by atoms with E-state index in [1.165, 1.54) is 51.4 Å². The lowest BCUT2D eigenvalue weighted by Gasteiger charge is -2.46. The third-order valence-corrected chi connectivity index (χ3v) is 7.57. The van der Waals surface area contributed by atoms with Gasteiger partial charge in [-0.05, 0) is 75.0 Å². The first-order chi connectivity index (χ1) is 12.6. The van der Waals surface area contributed by atoms with Crippen LogP contribution in [0.15, 0.2) is 0 Å². The molecule has 0 radical (unpaired) electrons. The van der Waals surface area contributed by atoms with Crippen LogP contribution in [0.4, 0.5) is 0 Å². The fourth-order valence-corrected chi connectivity index (χ4v) is 5.29. The Morgan fingerprint density at radius 2 is 1.23 bits per heavy atom. The van der Waals surface area contributed by atoms with Crippen LogP contribution in [0.5, 0.6) is 0 Å². The van der Waals surface area contributed by atoms with Gasteiger partial charge in [-0.1, -0.05) is 13.8 Å². The quantitative estimate of drug-likeness (QED) is 0.569. The highest BCUT2D eigenvalue weighted by atomic mass is 16.6. The fourth-order valence-electron chi connectivity index (χ4n) is 5.29. The molecule has 2 saturated carbocycles. The number of rotatable bonds is 9. The monoisotopic (exact) mass is 366 g/mol. The molecule has 0 aromatic heterocycles. The number of epoxide rings is 2. The predicted molar refractivity (Wildman–Crippen MR) is 101 cm³/mol. The maximum absolute atomic E-state index is 6.10. The summed E-state index contributed by atoms with van der Waals surface area (Å²) in [5.41, 5.74) is 0.456. The summed E-state index contributed by atoms with van der Waals surface area (Å²) >= 11 is 0. The topological polar surface area (TPSA) is 43.5 Å². The Morgan fingerprint density at radius 3 is 1.73 bits per heavy atom. The minimum Gasteiger partial charge on any atom is -0.378 e. The molecule has 4 heteroatoms. The maximum Gasteiger partial charge on any atom is 0.104 e. The summed E-state index contributed by atoms with van der Waals surface area (Å²) in [7, 11) is 0. The van der Waals surface area contributed by atoms with E-state index in [2.05, 4.69) is 13.8 Å². The second kappa shape index (κ2) is 8.46. The van der Waals surface area contributed by atoms with Crippen molar-refractivity contribution in [2.45, 2.75) is 96.1 Å². The van der Waals surface area contributed by atoms with Crippen molar-refractivity contribution in [3.8, 4) is 0 Å². The highest BCUT2D eigenvalue weighted by molar-refractivity contribution is 4.91. The highest BCUT2D eigenvalue weighted by Gasteiger charge is 2.41.